The third-order valence-corrected chi connectivity index (χ3v) is 5.11. The van der Waals surface area contributed by atoms with Crippen molar-refractivity contribution in [3.63, 3.8) is 0 Å². The Balaban J connectivity index is 1.62. The molecule has 1 saturated heterocycles. The van der Waals surface area contributed by atoms with Crippen LogP contribution in [0.1, 0.15) is 51.0 Å². The fraction of sp³-hybridized carbons (Fsp3) is 0.364. The molecule has 26 heavy (non-hydrogen) atoms. The van der Waals surface area contributed by atoms with Crippen LogP contribution in [0.2, 0.25) is 0 Å². The SMILES string of the molecule is CCCCC(=O)N1CCCC1c1nc2cc(-c3ccccc3)ccc2o1. The number of likely N-dealkylation sites (tertiary alicyclic amines) is 1. The number of oxazole rings is 1. The highest BCUT2D eigenvalue weighted by Crippen LogP contribution is 2.34. The van der Waals surface area contributed by atoms with Crippen LogP contribution < -0.4 is 0 Å². The zero-order valence-corrected chi connectivity index (χ0v) is 15.1. The van der Waals surface area contributed by atoms with Gasteiger partial charge >= 0.3 is 0 Å². The van der Waals surface area contributed by atoms with Gasteiger partial charge in [-0.2, -0.15) is 0 Å². The molecule has 1 fully saturated rings. The lowest BCUT2D eigenvalue weighted by molar-refractivity contribution is -0.132. The molecule has 1 aliphatic rings. The summed E-state index contributed by atoms with van der Waals surface area (Å²) in [7, 11) is 0. The van der Waals surface area contributed by atoms with E-state index in [0.29, 0.717) is 12.3 Å². The molecule has 1 amide bonds. The fourth-order valence-corrected chi connectivity index (χ4v) is 3.69. The standard InChI is InChI=1S/C22H24N2O2/c1-2-3-11-21(25)24-14-7-10-19(24)22-23-18-15-17(12-13-20(18)26-22)16-8-5-4-6-9-16/h4-6,8-9,12-13,15,19H,2-3,7,10-11,14H2,1H3. The molecule has 2 heterocycles. The summed E-state index contributed by atoms with van der Waals surface area (Å²) in [4.78, 5) is 19.2. The minimum absolute atomic E-state index is 0.0214. The van der Waals surface area contributed by atoms with E-state index < -0.39 is 0 Å². The van der Waals surface area contributed by atoms with Crippen LogP contribution in [0.3, 0.4) is 0 Å². The Kier molecular flexibility index (Phi) is 4.74. The first-order valence-electron chi connectivity index (χ1n) is 9.51. The molecule has 1 aliphatic heterocycles. The molecule has 1 unspecified atom stereocenters. The number of nitrogens with zero attached hydrogens (tertiary/aromatic N) is 2. The Bertz CT molecular complexity index is 901. The van der Waals surface area contributed by atoms with E-state index in [-0.39, 0.29) is 11.9 Å². The maximum Gasteiger partial charge on any atom is 0.223 e. The van der Waals surface area contributed by atoms with Crippen LogP contribution in [0.25, 0.3) is 22.2 Å². The summed E-state index contributed by atoms with van der Waals surface area (Å²) < 4.78 is 6.02. The number of amides is 1. The molecular weight excluding hydrogens is 324 g/mol. The molecule has 0 radical (unpaired) electrons. The monoisotopic (exact) mass is 348 g/mol. The summed E-state index contributed by atoms with van der Waals surface area (Å²) >= 11 is 0. The Morgan fingerprint density at radius 3 is 2.85 bits per heavy atom. The van der Waals surface area contributed by atoms with Crippen molar-refractivity contribution in [1.82, 2.24) is 9.88 Å². The van der Waals surface area contributed by atoms with Crippen molar-refractivity contribution in [2.75, 3.05) is 6.54 Å². The Labute approximate surface area is 153 Å². The largest absolute Gasteiger partial charge is 0.438 e. The van der Waals surface area contributed by atoms with Crippen LogP contribution in [-0.2, 0) is 4.79 Å². The van der Waals surface area contributed by atoms with E-state index in [9.17, 15) is 4.79 Å². The van der Waals surface area contributed by atoms with E-state index in [1.165, 1.54) is 0 Å². The first-order valence-corrected chi connectivity index (χ1v) is 9.51. The molecule has 134 valence electrons. The van der Waals surface area contributed by atoms with Gasteiger partial charge in [0, 0.05) is 13.0 Å². The topological polar surface area (TPSA) is 46.3 Å². The van der Waals surface area contributed by atoms with Crippen LogP contribution >= 0.6 is 0 Å². The highest BCUT2D eigenvalue weighted by molar-refractivity contribution is 5.81. The molecule has 2 aromatic carbocycles. The molecule has 0 aliphatic carbocycles. The number of hydrogen-bond acceptors (Lipinski definition) is 3. The fourth-order valence-electron chi connectivity index (χ4n) is 3.69. The molecule has 4 rings (SSSR count). The van der Waals surface area contributed by atoms with Crippen molar-refractivity contribution in [2.45, 2.75) is 45.1 Å². The second kappa shape index (κ2) is 7.32. The van der Waals surface area contributed by atoms with Crippen molar-refractivity contribution in [1.29, 1.82) is 0 Å². The molecule has 0 spiro atoms. The average molecular weight is 348 g/mol. The van der Waals surface area contributed by atoms with Gasteiger partial charge in [0.05, 0.1) is 0 Å². The Morgan fingerprint density at radius 1 is 1.19 bits per heavy atom. The molecule has 1 atom stereocenters. The number of carbonyl (C=O) groups excluding carboxylic acids is 1. The van der Waals surface area contributed by atoms with E-state index in [4.69, 9.17) is 9.40 Å². The van der Waals surface area contributed by atoms with Crippen LogP contribution in [0.4, 0.5) is 0 Å². The van der Waals surface area contributed by atoms with Gasteiger partial charge in [-0.15, -0.1) is 0 Å². The van der Waals surface area contributed by atoms with Gasteiger partial charge in [-0.05, 0) is 42.5 Å². The molecular formula is C22H24N2O2. The normalized spacial score (nSPS) is 17.1. The number of benzene rings is 2. The molecule has 0 N–H and O–H groups in total. The van der Waals surface area contributed by atoms with E-state index in [0.717, 1.165) is 54.5 Å². The van der Waals surface area contributed by atoms with Gasteiger partial charge in [-0.25, -0.2) is 4.98 Å². The van der Waals surface area contributed by atoms with Crippen LogP contribution in [0, 0.1) is 0 Å². The summed E-state index contributed by atoms with van der Waals surface area (Å²) in [5.74, 6) is 0.897. The molecule has 4 heteroatoms. The Hall–Kier alpha value is -2.62. The summed E-state index contributed by atoms with van der Waals surface area (Å²) in [6.45, 7) is 2.92. The second-order valence-corrected chi connectivity index (χ2v) is 6.95. The highest BCUT2D eigenvalue weighted by Gasteiger charge is 2.33. The van der Waals surface area contributed by atoms with Crippen LogP contribution in [0.5, 0.6) is 0 Å². The second-order valence-electron chi connectivity index (χ2n) is 6.95. The first kappa shape index (κ1) is 16.8. The summed E-state index contributed by atoms with van der Waals surface area (Å²) in [5, 5.41) is 0. The van der Waals surface area contributed by atoms with Crippen molar-refractivity contribution in [2.24, 2.45) is 0 Å². The lowest BCUT2D eigenvalue weighted by Crippen LogP contribution is -2.30. The van der Waals surface area contributed by atoms with Crippen LogP contribution in [0.15, 0.2) is 52.9 Å². The summed E-state index contributed by atoms with van der Waals surface area (Å²) in [5.41, 5.74) is 3.93. The third kappa shape index (κ3) is 3.24. The minimum Gasteiger partial charge on any atom is -0.438 e. The van der Waals surface area contributed by atoms with Gasteiger partial charge in [-0.1, -0.05) is 49.7 Å². The van der Waals surface area contributed by atoms with Gasteiger partial charge in [0.15, 0.2) is 5.58 Å². The van der Waals surface area contributed by atoms with Crippen molar-refractivity contribution in [3.8, 4) is 11.1 Å². The quantitative estimate of drug-likeness (QED) is 0.624. The van der Waals surface area contributed by atoms with Gasteiger partial charge < -0.3 is 9.32 Å². The zero-order chi connectivity index (χ0) is 17.9. The molecule has 0 saturated carbocycles. The maximum atomic E-state index is 12.5. The van der Waals surface area contributed by atoms with Crippen LogP contribution in [-0.4, -0.2) is 22.3 Å². The van der Waals surface area contributed by atoms with Crippen molar-refractivity contribution >= 4 is 17.0 Å². The third-order valence-electron chi connectivity index (χ3n) is 5.11. The smallest absolute Gasteiger partial charge is 0.223 e. The number of hydrogen-bond donors (Lipinski definition) is 0. The predicted octanol–water partition coefficient (Wildman–Crippen LogP) is 5.35. The lowest BCUT2D eigenvalue weighted by Gasteiger charge is -2.22. The Morgan fingerprint density at radius 2 is 2.04 bits per heavy atom. The van der Waals surface area contributed by atoms with E-state index in [1.807, 2.05) is 29.2 Å². The van der Waals surface area contributed by atoms with E-state index in [2.05, 4.69) is 31.2 Å². The average Bonchev–Trinajstić information content (AvgIpc) is 3.32. The summed E-state index contributed by atoms with van der Waals surface area (Å²) in [6, 6.07) is 16.3. The number of aromatic nitrogens is 1. The number of fused-ring (bicyclic) bond motifs is 1. The van der Waals surface area contributed by atoms with Crippen molar-refractivity contribution < 1.29 is 9.21 Å². The molecule has 0 bridgehead atoms. The lowest BCUT2D eigenvalue weighted by atomic mass is 10.1. The zero-order valence-electron chi connectivity index (χ0n) is 15.1. The van der Waals surface area contributed by atoms with Gasteiger partial charge in [0.2, 0.25) is 11.8 Å². The van der Waals surface area contributed by atoms with E-state index in [1.54, 1.807) is 0 Å². The van der Waals surface area contributed by atoms with Gasteiger partial charge in [-0.3, -0.25) is 4.79 Å². The minimum atomic E-state index is -0.0214. The van der Waals surface area contributed by atoms with Crippen molar-refractivity contribution in [3.05, 3.63) is 54.4 Å². The number of unbranched alkanes of at least 4 members (excludes halogenated alkanes) is 1. The van der Waals surface area contributed by atoms with Gasteiger partial charge in [0.25, 0.3) is 0 Å². The van der Waals surface area contributed by atoms with E-state index >= 15 is 0 Å². The molecule has 1 aromatic heterocycles. The maximum absolute atomic E-state index is 12.5. The molecule has 4 nitrogen and oxygen atoms in total. The molecule has 3 aromatic rings. The first-order chi connectivity index (χ1) is 12.8. The highest BCUT2D eigenvalue weighted by atomic mass is 16.3. The number of carbonyl (C=O) groups is 1. The predicted molar refractivity (Wildman–Crippen MR) is 103 cm³/mol. The van der Waals surface area contributed by atoms with Gasteiger partial charge in [0.1, 0.15) is 11.6 Å². The summed E-state index contributed by atoms with van der Waals surface area (Å²) in [6.07, 6.45) is 4.53. The number of rotatable bonds is 5.